The van der Waals surface area contributed by atoms with E-state index in [0.29, 0.717) is 0 Å². The van der Waals surface area contributed by atoms with Gasteiger partial charge in [-0.3, -0.25) is 53.5 Å². The van der Waals surface area contributed by atoms with Gasteiger partial charge in [0.2, 0.25) is 0 Å². The van der Waals surface area contributed by atoms with E-state index < -0.39 is 47.4 Å². The largest absolute Gasteiger partial charge is 0.753 e. The molecule has 0 saturated carbocycles. The van der Waals surface area contributed by atoms with Gasteiger partial charge in [0.05, 0.1) is 21.1 Å². The molecule has 0 aliphatic carbocycles. The predicted molar refractivity (Wildman–Crippen MR) is 125 cm³/mol. The van der Waals surface area contributed by atoms with Gasteiger partial charge >= 0.3 is 47.4 Å². The zero-order valence-electron chi connectivity index (χ0n) is 20.3. The molecule has 252 valence electrons. The lowest BCUT2D eigenvalue weighted by molar-refractivity contribution is -0.884. The number of benzene rings is 1. The second-order valence-corrected chi connectivity index (χ2v) is 12.4. The van der Waals surface area contributed by atoms with Crippen molar-refractivity contribution >= 4 is 47.4 Å². The molecule has 1 unspecified atom stereocenters. The topological polar surface area (TPSA) is 348 Å². The Bertz CT molecular complexity index is 867. The van der Waals surface area contributed by atoms with E-state index >= 15 is 0 Å². The molecular formula is C10H27F6NO18P6. The van der Waals surface area contributed by atoms with E-state index in [1.807, 2.05) is 0 Å². The van der Waals surface area contributed by atoms with Gasteiger partial charge in [-0.25, -0.2) is 22.8 Å². The monoisotopic (exact) mass is 749 g/mol. The molecule has 0 spiro atoms. The molecule has 11 N–H and O–H groups in total. The molecule has 19 nitrogen and oxygen atoms in total. The second kappa shape index (κ2) is 23.1. The van der Waals surface area contributed by atoms with Crippen LogP contribution < -0.4 is 4.89 Å². The number of nitrogens with zero attached hydrogens (tertiary/aromatic N) is 1. The molecule has 1 aromatic rings. The van der Waals surface area contributed by atoms with Gasteiger partial charge in [-0.05, 0) is 0 Å². The summed E-state index contributed by atoms with van der Waals surface area (Å²) in [4.78, 5) is 85.1. The van der Waals surface area contributed by atoms with Crippen molar-refractivity contribution in [3.8, 4) is 0 Å². The third-order valence-electron chi connectivity index (χ3n) is 1.50. The summed E-state index contributed by atoms with van der Waals surface area (Å²) >= 11 is 0. The maximum atomic E-state index is 10.4. The van der Waals surface area contributed by atoms with Gasteiger partial charge in [0, 0.05) is 5.56 Å². The van der Waals surface area contributed by atoms with Crippen molar-refractivity contribution in [3.63, 3.8) is 0 Å². The fourth-order valence-electron chi connectivity index (χ4n) is 1.13. The molecule has 1 atom stereocenters. The first-order valence-electron chi connectivity index (χ1n) is 8.41. The Balaban J connectivity index is -0.0000000904. The molecule has 0 aliphatic rings. The predicted octanol–water partition coefficient (Wildman–Crippen LogP) is 1.55. The average Bonchev–Trinajstić information content (AvgIpc) is 2.43. The molecule has 0 aliphatic heterocycles. The Labute approximate surface area is 227 Å². The molecule has 31 heteroatoms. The number of hydrogen-bond donors (Lipinski definition) is 11. The molecule has 0 heterocycles. The van der Waals surface area contributed by atoms with Crippen LogP contribution in [0.4, 0.5) is 25.2 Å². The molecule has 1 aromatic carbocycles. The molecule has 0 amide bonds. The first-order chi connectivity index (χ1) is 17.1. The highest BCUT2D eigenvalue weighted by Gasteiger charge is 2.07. The van der Waals surface area contributed by atoms with E-state index in [2.05, 4.69) is 51.5 Å². The molecular weight excluding hydrogens is 722 g/mol. The summed E-state index contributed by atoms with van der Waals surface area (Å²) in [7, 11) is -24.5. The van der Waals surface area contributed by atoms with Crippen LogP contribution in [0.3, 0.4) is 0 Å². The van der Waals surface area contributed by atoms with Crippen LogP contribution in [-0.2, 0) is 33.9 Å². The maximum Gasteiger partial charge on any atom is 0.507 e. The van der Waals surface area contributed by atoms with E-state index in [1.54, 1.807) is 0 Å². The lowest BCUT2D eigenvalue weighted by atomic mass is 10.2. The molecule has 41 heavy (non-hydrogen) atoms. The molecule has 0 fully saturated rings. The lowest BCUT2D eigenvalue weighted by Gasteiger charge is -2.23. The number of hydrogen-bond acceptors (Lipinski definition) is 7. The summed E-state index contributed by atoms with van der Waals surface area (Å²) in [6.45, 7) is 1.10. The van der Waals surface area contributed by atoms with Gasteiger partial charge in [0.15, 0.2) is 0 Å². The molecule has 0 radical (unpaired) electrons. The minimum Gasteiger partial charge on any atom is -0.753 e. The number of halogens is 6. The SMILES string of the molecule is C[N+](C)(C)Cc1ccccc1.O=P(O)(O)F.O=P(O)(O)F.O=P(O)(O)F.O=P(O)(O)F.O=P(O)(O)F.O=P([O-])(O)F. The summed E-state index contributed by atoms with van der Waals surface area (Å²) in [5.41, 5.74) is 1.40. The minimum atomic E-state index is -5.39. The fraction of sp³-hybridized carbons (Fsp3) is 0.400. The van der Waals surface area contributed by atoms with Crippen LogP contribution in [0.15, 0.2) is 30.3 Å². The van der Waals surface area contributed by atoms with E-state index in [-0.39, 0.29) is 0 Å². The van der Waals surface area contributed by atoms with Crippen LogP contribution in [0.1, 0.15) is 5.56 Å². The molecule has 0 saturated heterocycles. The van der Waals surface area contributed by atoms with Crippen molar-refractivity contribution in [3.05, 3.63) is 35.9 Å². The van der Waals surface area contributed by atoms with Crippen molar-refractivity contribution in [2.24, 2.45) is 0 Å². The summed E-state index contributed by atoms with van der Waals surface area (Å²) < 4.78 is 115. The smallest absolute Gasteiger partial charge is 0.507 e. The zero-order chi connectivity index (χ0) is 35.3. The zero-order valence-corrected chi connectivity index (χ0v) is 25.6. The van der Waals surface area contributed by atoms with Gasteiger partial charge in [0.1, 0.15) is 6.54 Å². The fourth-order valence-corrected chi connectivity index (χ4v) is 1.13. The number of quaternary nitrogens is 1. The molecule has 0 aromatic heterocycles. The van der Waals surface area contributed by atoms with Gasteiger partial charge in [-0.15, -0.1) is 21.0 Å². The Morgan fingerprint density at radius 3 is 0.805 bits per heavy atom. The first kappa shape index (κ1) is 53.2. The summed E-state index contributed by atoms with van der Waals surface area (Å²) in [5, 5.41) is 0. The Morgan fingerprint density at radius 1 is 0.537 bits per heavy atom. The van der Waals surface area contributed by atoms with Crippen molar-refractivity contribution in [1.82, 2.24) is 0 Å². The van der Waals surface area contributed by atoms with Crippen LogP contribution in [-0.4, -0.2) is 79.5 Å². The Kier molecular flexibility index (Phi) is 30.0. The maximum absolute atomic E-state index is 10.4. The van der Waals surface area contributed by atoms with E-state index in [0.717, 1.165) is 11.0 Å². The second-order valence-electron chi connectivity index (χ2n) is 6.75. The van der Waals surface area contributed by atoms with Gasteiger partial charge in [0.25, 0.3) is 0 Å². The third kappa shape index (κ3) is 351. The van der Waals surface area contributed by atoms with Crippen LogP contribution in [0, 0.1) is 0 Å². The van der Waals surface area contributed by atoms with Crippen molar-refractivity contribution in [1.29, 1.82) is 0 Å². The van der Waals surface area contributed by atoms with Crippen molar-refractivity contribution in [2.75, 3.05) is 21.1 Å². The Morgan fingerprint density at radius 2 is 0.683 bits per heavy atom. The highest BCUT2D eigenvalue weighted by Crippen LogP contribution is 2.36. The highest BCUT2D eigenvalue weighted by molar-refractivity contribution is 7.46. The quantitative estimate of drug-likeness (QED) is 0.116. The van der Waals surface area contributed by atoms with Gasteiger partial charge in [-0.2, -0.15) is 4.20 Å². The summed E-state index contributed by atoms with van der Waals surface area (Å²) in [5.74, 6) is 0. The van der Waals surface area contributed by atoms with Crippen LogP contribution >= 0.6 is 47.4 Å². The standard InChI is InChI=1S/C10H16N.6FH2O3P/c1-11(2,3)9-10-7-5-4-6-8-10;6*1-5(2,3)4/h4-8H,9H2,1-3H3;6*(H2,2,3,4)/q+1;;;;;;/p-1. The van der Waals surface area contributed by atoms with Gasteiger partial charge < -0.3 is 14.3 Å². The Hall–Kier alpha value is -0.340. The summed E-state index contributed by atoms with van der Waals surface area (Å²) in [6, 6.07) is 10.6. The van der Waals surface area contributed by atoms with Crippen LogP contribution in [0.2, 0.25) is 0 Å². The van der Waals surface area contributed by atoms with Gasteiger partial charge in [-0.1, -0.05) is 30.3 Å². The number of rotatable bonds is 2. The van der Waals surface area contributed by atoms with Crippen molar-refractivity contribution in [2.45, 2.75) is 6.54 Å². The normalized spacial score (nSPS) is 12.9. The molecule has 0 bridgehead atoms. The first-order valence-corrected chi connectivity index (χ1v) is 17.4. The van der Waals surface area contributed by atoms with Crippen LogP contribution in [0.25, 0.3) is 0 Å². The molecule has 1 rings (SSSR count). The average molecular weight is 749 g/mol. The van der Waals surface area contributed by atoms with Crippen LogP contribution in [0.5, 0.6) is 0 Å². The van der Waals surface area contributed by atoms with E-state index in [1.165, 1.54) is 5.56 Å². The van der Waals surface area contributed by atoms with E-state index in [4.69, 9.17) is 86.1 Å². The minimum absolute atomic E-state index is 0.990. The third-order valence-corrected chi connectivity index (χ3v) is 1.50. The van der Waals surface area contributed by atoms with Crippen molar-refractivity contribution < 1.29 is 116 Å². The summed E-state index contributed by atoms with van der Waals surface area (Å²) in [6.07, 6.45) is 0. The lowest BCUT2D eigenvalue weighted by Crippen LogP contribution is -2.33. The van der Waals surface area contributed by atoms with E-state index in [9.17, 15) is 25.2 Å². The highest BCUT2D eigenvalue weighted by atomic mass is 31.2.